The molecule has 7 nitrogen and oxygen atoms in total. The Morgan fingerprint density at radius 2 is 2.32 bits per heavy atom. The number of furan rings is 1. The van der Waals surface area contributed by atoms with Gasteiger partial charge in [0.25, 0.3) is 5.91 Å². The van der Waals surface area contributed by atoms with Crippen molar-refractivity contribution in [3.05, 3.63) is 41.1 Å². The fourth-order valence-electron chi connectivity index (χ4n) is 2.33. The van der Waals surface area contributed by atoms with Crippen molar-refractivity contribution in [2.24, 2.45) is 0 Å². The van der Waals surface area contributed by atoms with Gasteiger partial charge < -0.3 is 9.73 Å². The SMILES string of the molecule is O=C(NC1CCS(=O)(=O)C1)c1ccc(Cn2cc(Cl)cn2)o1. The van der Waals surface area contributed by atoms with Crippen LogP contribution in [0.1, 0.15) is 22.7 Å². The molecule has 1 aliphatic heterocycles. The van der Waals surface area contributed by atoms with Crippen LogP contribution in [0.5, 0.6) is 0 Å². The van der Waals surface area contributed by atoms with Crippen molar-refractivity contribution in [2.45, 2.75) is 19.0 Å². The second-order valence-electron chi connectivity index (χ2n) is 5.20. The van der Waals surface area contributed by atoms with E-state index in [1.807, 2.05) is 0 Å². The van der Waals surface area contributed by atoms with E-state index in [9.17, 15) is 13.2 Å². The van der Waals surface area contributed by atoms with Gasteiger partial charge in [-0.25, -0.2) is 8.42 Å². The van der Waals surface area contributed by atoms with E-state index in [2.05, 4.69) is 10.4 Å². The van der Waals surface area contributed by atoms with Crippen LogP contribution < -0.4 is 5.32 Å². The summed E-state index contributed by atoms with van der Waals surface area (Å²) in [5.41, 5.74) is 0. The van der Waals surface area contributed by atoms with Gasteiger partial charge >= 0.3 is 0 Å². The molecule has 2 aromatic heterocycles. The fourth-order valence-corrected chi connectivity index (χ4v) is 4.16. The number of halogens is 1. The maximum absolute atomic E-state index is 12.0. The summed E-state index contributed by atoms with van der Waals surface area (Å²) in [6.45, 7) is 0.359. The van der Waals surface area contributed by atoms with Crippen LogP contribution >= 0.6 is 11.6 Å². The van der Waals surface area contributed by atoms with E-state index in [0.717, 1.165) is 0 Å². The minimum Gasteiger partial charge on any atom is -0.454 e. The molecule has 3 rings (SSSR count). The second kappa shape index (κ2) is 5.77. The number of carbonyl (C=O) groups is 1. The van der Waals surface area contributed by atoms with Crippen LogP contribution in [-0.4, -0.2) is 41.7 Å². The molecule has 0 saturated carbocycles. The smallest absolute Gasteiger partial charge is 0.287 e. The average molecular weight is 344 g/mol. The summed E-state index contributed by atoms with van der Waals surface area (Å²) in [4.78, 5) is 12.0. The molecule has 1 aliphatic rings. The number of hydrogen-bond acceptors (Lipinski definition) is 5. The normalized spacial score (nSPS) is 20.1. The molecule has 1 unspecified atom stereocenters. The summed E-state index contributed by atoms with van der Waals surface area (Å²) in [5, 5.41) is 7.22. The highest BCUT2D eigenvalue weighted by molar-refractivity contribution is 7.91. The summed E-state index contributed by atoms with van der Waals surface area (Å²) in [7, 11) is -3.03. The first-order valence-electron chi connectivity index (χ1n) is 6.69. The molecule has 3 heterocycles. The summed E-state index contributed by atoms with van der Waals surface area (Å²) >= 11 is 5.77. The van der Waals surface area contributed by atoms with Gasteiger partial charge in [-0.05, 0) is 18.6 Å². The molecular formula is C13H14ClN3O4S. The number of rotatable bonds is 4. The van der Waals surface area contributed by atoms with Crippen LogP contribution in [0.2, 0.25) is 5.02 Å². The van der Waals surface area contributed by atoms with Gasteiger partial charge in [-0.3, -0.25) is 9.48 Å². The zero-order valence-electron chi connectivity index (χ0n) is 11.5. The van der Waals surface area contributed by atoms with Crippen LogP contribution in [0.25, 0.3) is 0 Å². The molecule has 1 amide bonds. The Morgan fingerprint density at radius 1 is 1.50 bits per heavy atom. The molecule has 1 saturated heterocycles. The van der Waals surface area contributed by atoms with Crippen molar-refractivity contribution in [1.82, 2.24) is 15.1 Å². The first-order valence-corrected chi connectivity index (χ1v) is 8.89. The zero-order chi connectivity index (χ0) is 15.7. The Kier molecular flexibility index (Phi) is 3.96. The molecule has 9 heteroatoms. The topological polar surface area (TPSA) is 94.2 Å². The lowest BCUT2D eigenvalue weighted by Crippen LogP contribution is -2.35. The van der Waals surface area contributed by atoms with E-state index in [0.29, 0.717) is 23.7 Å². The number of amides is 1. The van der Waals surface area contributed by atoms with Gasteiger partial charge in [-0.1, -0.05) is 11.6 Å². The molecule has 0 bridgehead atoms. The van der Waals surface area contributed by atoms with Crippen LogP contribution in [0, 0.1) is 0 Å². The average Bonchev–Trinajstić information content (AvgIpc) is 3.12. The van der Waals surface area contributed by atoms with Crippen molar-refractivity contribution in [3.63, 3.8) is 0 Å². The van der Waals surface area contributed by atoms with Gasteiger partial charge in [-0.15, -0.1) is 0 Å². The minimum absolute atomic E-state index is 0.0158. The Balaban J connectivity index is 1.62. The number of aromatic nitrogens is 2. The lowest BCUT2D eigenvalue weighted by atomic mass is 10.2. The van der Waals surface area contributed by atoms with Gasteiger partial charge in [0.1, 0.15) is 5.76 Å². The molecule has 1 N–H and O–H groups in total. The highest BCUT2D eigenvalue weighted by atomic mass is 35.5. The maximum Gasteiger partial charge on any atom is 0.287 e. The van der Waals surface area contributed by atoms with E-state index in [1.54, 1.807) is 23.0 Å². The van der Waals surface area contributed by atoms with Crippen molar-refractivity contribution in [3.8, 4) is 0 Å². The molecule has 0 spiro atoms. The molecule has 0 radical (unpaired) electrons. The molecule has 22 heavy (non-hydrogen) atoms. The first-order chi connectivity index (χ1) is 10.4. The van der Waals surface area contributed by atoms with Crippen molar-refractivity contribution >= 4 is 27.3 Å². The van der Waals surface area contributed by atoms with Crippen molar-refractivity contribution in [1.29, 1.82) is 0 Å². The van der Waals surface area contributed by atoms with Gasteiger partial charge in [0.2, 0.25) is 0 Å². The van der Waals surface area contributed by atoms with Crippen molar-refractivity contribution < 1.29 is 17.6 Å². The highest BCUT2D eigenvalue weighted by Gasteiger charge is 2.29. The Labute approximate surface area is 132 Å². The largest absolute Gasteiger partial charge is 0.454 e. The minimum atomic E-state index is -3.03. The molecule has 118 valence electrons. The molecular weight excluding hydrogens is 330 g/mol. The summed E-state index contributed by atoms with van der Waals surface area (Å²) < 4.78 is 29.8. The van der Waals surface area contributed by atoms with E-state index >= 15 is 0 Å². The van der Waals surface area contributed by atoms with E-state index < -0.39 is 15.7 Å². The summed E-state index contributed by atoms with van der Waals surface area (Å²) in [6.07, 6.45) is 3.60. The third-order valence-corrected chi connectivity index (χ3v) is 5.34. The number of carbonyl (C=O) groups excluding carboxylic acids is 1. The number of sulfone groups is 1. The number of nitrogens with one attached hydrogen (secondary N) is 1. The fraction of sp³-hybridized carbons (Fsp3) is 0.385. The third-order valence-electron chi connectivity index (χ3n) is 3.37. The molecule has 1 fully saturated rings. The summed E-state index contributed by atoms with van der Waals surface area (Å²) in [6, 6.07) is 2.88. The Bertz CT molecular complexity index is 796. The zero-order valence-corrected chi connectivity index (χ0v) is 13.1. The van der Waals surface area contributed by atoms with Gasteiger partial charge in [-0.2, -0.15) is 5.10 Å². The molecule has 2 aromatic rings. The molecule has 0 aliphatic carbocycles. The number of nitrogens with zero attached hydrogens (tertiary/aromatic N) is 2. The predicted molar refractivity (Wildman–Crippen MR) is 79.6 cm³/mol. The lowest BCUT2D eigenvalue weighted by molar-refractivity contribution is 0.0911. The first kappa shape index (κ1) is 15.1. The highest BCUT2D eigenvalue weighted by Crippen LogP contribution is 2.14. The second-order valence-corrected chi connectivity index (χ2v) is 7.86. The molecule has 1 atom stereocenters. The predicted octanol–water partition coefficient (Wildman–Crippen LogP) is 1.09. The van der Waals surface area contributed by atoms with Gasteiger partial charge in [0.15, 0.2) is 15.6 Å². The van der Waals surface area contributed by atoms with E-state index in [-0.39, 0.29) is 23.3 Å². The van der Waals surface area contributed by atoms with Gasteiger partial charge in [0.05, 0.1) is 29.3 Å². The monoisotopic (exact) mass is 343 g/mol. The quantitative estimate of drug-likeness (QED) is 0.897. The number of hydrogen-bond donors (Lipinski definition) is 1. The Hall–Kier alpha value is -1.80. The summed E-state index contributed by atoms with van der Waals surface area (Å²) in [5.74, 6) is 0.396. The lowest BCUT2D eigenvalue weighted by Gasteiger charge is -2.08. The maximum atomic E-state index is 12.0. The van der Waals surface area contributed by atoms with Crippen LogP contribution in [0.15, 0.2) is 28.9 Å². The van der Waals surface area contributed by atoms with Crippen LogP contribution in [0.3, 0.4) is 0 Å². The van der Waals surface area contributed by atoms with E-state index in [1.165, 1.54) is 6.20 Å². The third kappa shape index (κ3) is 3.50. The van der Waals surface area contributed by atoms with Crippen LogP contribution in [0.4, 0.5) is 0 Å². The van der Waals surface area contributed by atoms with E-state index in [4.69, 9.17) is 16.0 Å². The van der Waals surface area contributed by atoms with Crippen molar-refractivity contribution in [2.75, 3.05) is 11.5 Å². The van der Waals surface area contributed by atoms with Gasteiger partial charge in [0, 0.05) is 12.2 Å². The van der Waals surface area contributed by atoms with Crippen LogP contribution in [-0.2, 0) is 16.4 Å². The molecule has 0 aromatic carbocycles. The Morgan fingerprint density at radius 3 is 2.95 bits per heavy atom. The standard InChI is InChI=1S/C13H14ClN3O4S/c14-9-5-15-17(6-9)7-11-1-2-12(21-11)13(18)16-10-3-4-22(19,20)8-10/h1-2,5-6,10H,3-4,7-8H2,(H,16,18).